The summed E-state index contributed by atoms with van der Waals surface area (Å²) in [5, 5.41) is 7.99. The van der Waals surface area contributed by atoms with Gasteiger partial charge in [0, 0.05) is 5.56 Å². The van der Waals surface area contributed by atoms with Crippen LogP contribution in [0.4, 0.5) is 0 Å². The van der Waals surface area contributed by atoms with Crippen molar-refractivity contribution in [3.05, 3.63) is 60.0 Å². The Kier molecular flexibility index (Phi) is 5.71. The van der Waals surface area contributed by atoms with Gasteiger partial charge in [-0.05, 0) is 48.9 Å². The fraction of sp³-hybridized carbons (Fsp3) is 0.250. The fourth-order valence-electron chi connectivity index (χ4n) is 2.45. The Morgan fingerprint density at radius 1 is 0.963 bits per heavy atom. The van der Waals surface area contributed by atoms with Crippen molar-refractivity contribution >= 4 is 5.97 Å². The normalized spacial score (nSPS) is 11.7. The summed E-state index contributed by atoms with van der Waals surface area (Å²) < 4.78 is 21.2. The number of rotatable bonds is 7. The Morgan fingerprint density at radius 3 is 2.15 bits per heavy atom. The molecule has 0 aliphatic heterocycles. The first-order valence-corrected chi connectivity index (χ1v) is 8.39. The number of esters is 1. The third-order valence-corrected chi connectivity index (χ3v) is 3.94. The van der Waals surface area contributed by atoms with E-state index in [9.17, 15) is 4.79 Å². The summed E-state index contributed by atoms with van der Waals surface area (Å²) in [5.41, 5.74) is 1.59. The van der Waals surface area contributed by atoms with Crippen LogP contribution in [0.3, 0.4) is 0 Å². The van der Waals surface area contributed by atoms with Gasteiger partial charge in [-0.15, -0.1) is 10.2 Å². The quantitative estimate of drug-likeness (QED) is 0.589. The molecular weight excluding hydrogens is 348 g/mol. The van der Waals surface area contributed by atoms with E-state index in [4.69, 9.17) is 18.6 Å². The van der Waals surface area contributed by atoms with E-state index in [1.54, 1.807) is 45.4 Å². The molecule has 27 heavy (non-hydrogen) atoms. The van der Waals surface area contributed by atoms with Crippen molar-refractivity contribution in [2.75, 3.05) is 14.2 Å². The zero-order valence-corrected chi connectivity index (χ0v) is 15.3. The first-order valence-electron chi connectivity index (χ1n) is 8.39. The van der Waals surface area contributed by atoms with Crippen LogP contribution in [0.5, 0.6) is 11.5 Å². The number of methoxy groups -OCH3 is 2. The van der Waals surface area contributed by atoms with Crippen LogP contribution in [-0.4, -0.2) is 30.4 Å². The number of hydrogen-bond donors (Lipinski definition) is 0. The van der Waals surface area contributed by atoms with Crippen LogP contribution in [0.2, 0.25) is 0 Å². The van der Waals surface area contributed by atoms with Crippen molar-refractivity contribution in [2.24, 2.45) is 0 Å². The average molecular weight is 368 g/mol. The zero-order chi connectivity index (χ0) is 19.2. The van der Waals surface area contributed by atoms with Gasteiger partial charge in [0.15, 0.2) is 6.10 Å². The Hall–Kier alpha value is -3.35. The molecule has 3 rings (SSSR count). The first-order chi connectivity index (χ1) is 13.1. The maximum Gasteiger partial charge on any atom is 0.311 e. The highest BCUT2D eigenvalue weighted by atomic mass is 16.6. The molecule has 0 unspecified atom stereocenters. The molecule has 1 atom stereocenters. The minimum atomic E-state index is -0.643. The molecule has 0 saturated heterocycles. The summed E-state index contributed by atoms with van der Waals surface area (Å²) in [7, 11) is 3.19. The van der Waals surface area contributed by atoms with Crippen LogP contribution in [0.1, 0.15) is 24.5 Å². The van der Waals surface area contributed by atoms with E-state index in [0.29, 0.717) is 5.89 Å². The van der Waals surface area contributed by atoms with E-state index < -0.39 is 6.10 Å². The molecule has 1 heterocycles. The largest absolute Gasteiger partial charge is 0.497 e. The molecule has 1 aromatic heterocycles. The SMILES string of the molecule is COc1ccc(CC(=O)O[C@@H](C)c2nnc(-c3ccc(OC)cc3)o2)cc1. The summed E-state index contributed by atoms with van der Waals surface area (Å²) in [6.45, 7) is 1.69. The Balaban J connectivity index is 1.60. The Labute approximate surface area is 156 Å². The molecule has 0 bridgehead atoms. The van der Waals surface area contributed by atoms with E-state index in [0.717, 1.165) is 22.6 Å². The molecule has 0 fully saturated rings. The second kappa shape index (κ2) is 8.35. The topological polar surface area (TPSA) is 83.7 Å². The van der Waals surface area contributed by atoms with Crippen molar-refractivity contribution in [3.63, 3.8) is 0 Å². The Morgan fingerprint density at radius 2 is 1.56 bits per heavy atom. The molecule has 0 radical (unpaired) electrons. The monoisotopic (exact) mass is 368 g/mol. The van der Waals surface area contributed by atoms with Gasteiger partial charge in [0.25, 0.3) is 5.89 Å². The maximum absolute atomic E-state index is 12.1. The summed E-state index contributed by atoms with van der Waals surface area (Å²) >= 11 is 0. The summed E-state index contributed by atoms with van der Waals surface area (Å²) in [4.78, 5) is 12.1. The highest BCUT2D eigenvalue weighted by Crippen LogP contribution is 2.24. The van der Waals surface area contributed by atoms with E-state index >= 15 is 0 Å². The number of nitrogens with zero attached hydrogens (tertiary/aromatic N) is 2. The summed E-state index contributed by atoms with van der Waals surface area (Å²) in [6, 6.07) is 14.5. The number of benzene rings is 2. The number of hydrogen-bond acceptors (Lipinski definition) is 7. The van der Waals surface area contributed by atoms with Crippen LogP contribution in [0, 0.1) is 0 Å². The Bertz CT molecular complexity index is 887. The van der Waals surface area contributed by atoms with Crippen LogP contribution in [0.25, 0.3) is 11.5 Å². The van der Waals surface area contributed by atoms with Crippen LogP contribution in [-0.2, 0) is 16.0 Å². The fourth-order valence-corrected chi connectivity index (χ4v) is 2.45. The minimum Gasteiger partial charge on any atom is -0.497 e. The van der Waals surface area contributed by atoms with Crippen molar-refractivity contribution in [1.82, 2.24) is 10.2 Å². The van der Waals surface area contributed by atoms with E-state index in [-0.39, 0.29) is 18.3 Å². The molecule has 0 spiro atoms. The number of carbonyl (C=O) groups excluding carboxylic acids is 1. The summed E-state index contributed by atoms with van der Waals surface area (Å²) in [5.74, 6) is 1.68. The molecule has 0 aliphatic carbocycles. The molecular formula is C20H20N2O5. The zero-order valence-electron chi connectivity index (χ0n) is 15.3. The van der Waals surface area contributed by atoms with Gasteiger partial charge >= 0.3 is 5.97 Å². The van der Waals surface area contributed by atoms with Crippen LogP contribution >= 0.6 is 0 Å². The average Bonchev–Trinajstić information content (AvgIpc) is 3.19. The molecule has 2 aromatic carbocycles. The number of ether oxygens (including phenoxy) is 3. The lowest BCUT2D eigenvalue weighted by atomic mass is 10.1. The van der Waals surface area contributed by atoms with E-state index in [2.05, 4.69) is 10.2 Å². The molecule has 3 aromatic rings. The van der Waals surface area contributed by atoms with Crippen LogP contribution in [0.15, 0.2) is 52.9 Å². The second-order valence-electron chi connectivity index (χ2n) is 5.83. The van der Waals surface area contributed by atoms with Gasteiger partial charge in [-0.2, -0.15) is 0 Å². The van der Waals surface area contributed by atoms with Gasteiger partial charge in [-0.1, -0.05) is 12.1 Å². The summed E-state index contributed by atoms with van der Waals surface area (Å²) in [6.07, 6.45) is -0.497. The maximum atomic E-state index is 12.1. The molecule has 140 valence electrons. The standard InChI is InChI=1S/C20H20N2O5/c1-13(26-18(23)12-14-4-8-16(24-2)9-5-14)19-21-22-20(27-19)15-6-10-17(25-3)11-7-15/h4-11,13H,12H2,1-3H3/t13-/m0/s1. The van der Waals surface area contributed by atoms with Gasteiger partial charge in [0.2, 0.25) is 5.89 Å². The second-order valence-corrected chi connectivity index (χ2v) is 5.83. The lowest BCUT2D eigenvalue weighted by molar-refractivity contribution is -0.148. The third kappa shape index (κ3) is 4.63. The van der Waals surface area contributed by atoms with E-state index in [1.165, 1.54) is 0 Å². The van der Waals surface area contributed by atoms with E-state index in [1.807, 2.05) is 24.3 Å². The molecule has 0 N–H and O–H groups in total. The highest BCUT2D eigenvalue weighted by Gasteiger charge is 2.19. The van der Waals surface area contributed by atoms with Gasteiger partial charge in [0.05, 0.1) is 20.6 Å². The van der Waals surface area contributed by atoms with Gasteiger partial charge in [-0.3, -0.25) is 4.79 Å². The predicted octanol–water partition coefficient (Wildman–Crippen LogP) is 3.60. The van der Waals surface area contributed by atoms with Crippen molar-refractivity contribution in [3.8, 4) is 23.0 Å². The predicted molar refractivity (Wildman–Crippen MR) is 97.5 cm³/mol. The number of carbonyl (C=O) groups is 1. The minimum absolute atomic E-state index is 0.147. The van der Waals surface area contributed by atoms with Gasteiger partial charge < -0.3 is 18.6 Å². The van der Waals surface area contributed by atoms with Crippen molar-refractivity contribution < 1.29 is 23.4 Å². The first kappa shape index (κ1) is 18.4. The lowest BCUT2D eigenvalue weighted by Gasteiger charge is -2.09. The highest BCUT2D eigenvalue weighted by molar-refractivity contribution is 5.72. The lowest BCUT2D eigenvalue weighted by Crippen LogP contribution is -2.11. The molecule has 7 nitrogen and oxygen atoms in total. The molecule has 7 heteroatoms. The van der Waals surface area contributed by atoms with Crippen molar-refractivity contribution in [2.45, 2.75) is 19.4 Å². The van der Waals surface area contributed by atoms with Gasteiger partial charge in [0.1, 0.15) is 11.5 Å². The van der Waals surface area contributed by atoms with Crippen LogP contribution < -0.4 is 9.47 Å². The van der Waals surface area contributed by atoms with Crippen molar-refractivity contribution in [1.29, 1.82) is 0 Å². The molecule has 0 aliphatic rings. The van der Waals surface area contributed by atoms with Gasteiger partial charge in [-0.25, -0.2) is 0 Å². The molecule has 0 saturated carbocycles. The molecule has 0 amide bonds. The smallest absolute Gasteiger partial charge is 0.311 e. The number of aromatic nitrogens is 2. The third-order valence-electron chi connectivity index (χ3n) is 3.94.